The van der Waals surface area contributed by atoms with Crippen LogP contribution in [0.5, 0.6) is 0 Å². The Morgan fingerprint density at radius 1 is 1.57 bits per heavy atom. The lowest BCUT2D eigenvalue weighted by molar-refractivity contribution is -0.115. The molecule has 4 heteroatoms. The van der Waals surface area contributed by atoms with Crippen LogP contribution in [0.25, 0.3) is 0 Å². The molecule has 0 heterocycles. The summed E-state index contributed by atoms with van der Waals surface area (Å²) in [6.07, 6.45) is 0.414. The molecule has 0 fully saturated rings. The predicted octanol–water partition coefficient (Wildman–Crippen LogP) is 2.86. The van der Waals surface area contributed by atoms with E-state index in [0.717, 1.165) is 5.56 Å². The maximum Gasteiger partial charge on any atom is 0.225 e. The summed E-state index contributed by atoms with van der Waals surface area (Å²) in [6, 6.07) is 4.29. The van der Waals surface area contributed by atoms with Crippen LogP contribution >= 0.6 is 15.9 Å². The molecule has 0 saturated heterocycles. The molecule has 0 bridgehead atoms. The van der Waals surface area contributed by atoms with Crippen LogP contribution in [0.15, 0.2) is 18.2 Å². The Morgan fingerprint density at radius 3 is 2.86 bits per heavy atom. The Hall–Kier alpha value is -0.900. The second-order valence-electron chi connectivity index (χ2n) is 2.95. The summed E-state index contributed by atoms with van der Waals surface area (Å²) >= 11 is 3.17. The van der Waals surface area contributed by atoms with Crippen molar-refractivity contribution in [2.75, 3.05) is 10.6 Å². The van der Waals surface area contributed by atoms with Crippen LogP contribution in [0.4, 0.5) is 10.1 Å². The number of aryl methyl sites for hydroxylation is 1. The van der Waals surface area contributed by atoms with Crippen LogP contribution in [0, 0.1) is 12.7 Å². The molecule has 0 atom stereocenters. The molecule has 0 saturated carbocycles. The number of nitrogens with one attached hydrogen (secondary N) is 1. The Balaban J connectivity index is 2.72. The van der Waals surface area contributed by atoms with E-state index in [4.69, 9.17) is 0 Å². The first-order valence-corrected chi connectivity index (χ1v) is 5.37. The molecule has 1 rings (SSSR count). The van der Waals surface area contributed by atoms with Gasteiger partial charge >= 0.3 is 0 Å². The molecule has 1 amide bonds. The molecule has 0 radical (unpaired) electrons. The van der Waals surface area contributed by atoms with E-state index in [0.29, 0.717) is 17.4 Å². The predicted molar refractivity (Wildman–Crippen MR) is 58.2 cm³/mol. The number of hydrogen-bond donors (Lipinski definition) is 1. The number of alkyl halides is 1. The average Bonchev–Trinajstić information content (AvgIpc) is 2.10. The molecule has 0 aliphatic carbocycles. The molecule has 76 valence electrons. The van der Waals surface area contributed by atoms with E-state index in [9.17, 15) is 9.18 Å². The maximum atomic E-state index is 12.7. The summed E-state index contributed by atoms with van der Waals surface area (Å²) < 4.78 is 12.7. The summed E-state index contributed by atoms with van der Waals surface area (Å²) in [7, 11) is 0. The second-order valence-corrected chi connectivity index (χ2v) is 3.74. The zero-order valence-electron chi connectivity index (χ0n) is 7.81. The average molecular weight is 260 g/mol. The minimum Gasteiger partial charge on any atom is -0.326 e. The topological polar surface area (TPSA) is 29.1 Å². The van der Waals surface area contributed by atoms with E-state index in [2.05, 4.69) is 21.2 Å². The minimum atomic E-state index is -0.291. The van der Waals surface area contributed by atoms with Gasteiger partial charge in [0.25, 0.3) is 0 Å². The quantitative estimate of drug-likeness (QED) is 0.832. The Labute approximate surface area is 90.6 Å². The van der Waals surface area contributed by atoms with Gasteiger partial charge in [-0.2, -0.15) is 0 Å². The van der Waals surface area contributed by atoms with Gasteiger partial charge < -0.3 is 5.32 Å². The molecular formula is C10H11BrFNO. The van der Waals surface area contributed by atoms with Gasteiger partial charge in [-0.3, -0.25) is 4.79 Å². The number of rotatable bonds is 3. The summed E-state index contributed by atoms with van der Waals surface area (Å²) in [6.45, 7) is 1.76. The fourth-order valence-corrected chi connectivity index (χ4v) is 1.43. The second kappa shape index (κ2) is 5.10. The molecule has 1 aromatic carbocycles. The van der Waals surface area contributed by atoms with Crippen molar-refractivity contribution in [1.82, 2.24) is 0 Å². The number of carbonyl (C=O) groups is 1. The minimum absolute atomic E-state index is 0.0726. The Bertz CT molecular complexity index is 341. The van der Waals surface area contributed by atoms with Crippen LogP contribution < -0.4 is 5.32 Å². The highest BCUT2D eigenvalue weighted by molar-refractivity contribution is 9.09. The van der Waals surface area contributed by atoms with Crippen molar-refractivity contribution < 1.29 is 9.18 Å². The monoisotopic (exact) mass is 259 g/mol. The SMILES string of the molecule is Cc1cc(F)ccc1NC(=O)CCBr. The highest BCUT2D eigenvalue weighted by Crippen LogP contribution is 2.15. The molecule has 0 unspecified atom stereocenters. The van der Waals surface area contributed by atoms with Gasteiger partial charge in [0.1, 0.15) is 5.82 Å². The van der Waals surface area contributed by atoms with Crippen molar-refractivity contribution in [2.45, 2.75) is 13.3 Å². The highest BCUT2D eigenvalue weighted by Gasteiger charge is 2.04. The third-order valence-electron chi connectivity index (χ3n) is 1.78. The van der Waals surface area contributed by atoms with Crippen molar-refractivity contribution >= 4 is 27.5 Å². The van der Waals surface area contributed by atoms with Crippen molar-refractivity contribution in [3.05, 3.63) is 29.6 Å². The smallest absolute Gasteiger partial charge is 0.225 e. The van der Waals surface area contributed by atoms with Crippen molar-refractivity contribution in [1.29, 1.82) is 0 Å². The van der Waals surface area contributed by atoms with E-state index >= 15 is 0 Å². The lowest BCUT2D eigenvalue weighted by atomic mass is 10.2. The number of benzene rings is 1. The Kier molecular flexibility index (Phi) is 4.07. The zero-order valence-corrected chi connectivity index (χ0v) is 9.40. The standard InChI is InChI=1S/C10H11BrFNO/c1-7-6-8(12)2-3-9(7)13-10(14)4-5-11/h2-3,6H,4-5H2,1H3,(H,13,14). The normalized spacial score (nSPS) is 9.93. The lowest BCUT2D eigenvalue weighted by Gasteiger charge is -2.07. The van der Waals surface area contributed by atoms with Crippen LogP contribution in [-0.4, -0.2) is 11.2 Å². The molecule has 1 aromatic rings. The summed E-state index contributed by atoms with van der Waals surface area (Å²) in [5, 5.41) is 3.33. The largest absolute Gasteiger partial charge is 0.326 e. The molecule has 0 spiro atoms. The van der Waals surface area contributed by atoms with E-state index in [1.165, 1.54) is 12.1 Å². The van der Waals surface area contributed by atoms with Gasteiger partial charge in [-0.25, -0.2) is 4.39 Å². The van der Waals surface area contributed by atoms with E-state index in [1.54, 1.807) is 13.0 Å². The number of anilines is 1. The number of carbonyl (C=O) groups excluding carboxylic acids is 1. The first-order chi connectivity index (χ1) is 6.63. The third kappa shape index (κ3) is 3.10. The van der Waals surface area contributed by atoms with Gasteiger partial charge in [0.15, 0.2) is 0 Å². The molecule has 0 aliphatic heterocycles. The van der Waals surface area contributed by atoms with Gasteiger partial charge in [0.05, 0.1) is 0 Å². The first-order valence-electron chi connectivity index (χ1n) is 4.25. The van der Waals surface area contributed by atoms with Crippen molar-refractivity contribution in [2.24, 2.45) is 0 Å². The van der Waals surface area contributed by atoms with Crippen molar-refractivity contribution in [3.63, 3.8) is 0 Å². The lowest BCUT2D eigenvalue weighted by Crippen LogP contribution is -2.12. The van der Waals surface area contributed by atoms with Crippen molar-refractivity contribution in [3.8, 4) is 0 Å². The number of hydrogen-bond acceptors (Lipinski definition) is 1. The van der Waals surface area contributed by atoms with Crippen LogP contribution in [-0.2, 0) is 4.79 Å². The van der Waals surface area contributed by atoms with Gasteiger partial charge in [-0.15, -0.1) is 0 Å². The number of halogens is 2. The number of amides is 1. The molecule has 1 N–H and O–H groups in total. The fraction of sp³-hybridized carbons (Fsp3) is 0.300. The summed E-state index contributed by atoms with van der Waals surface area (Å²) in [5.41, 5.74) is 1.39. The van der Waals surface area contributed by atoms with Gasteiger partial charge in [-0.1, -0.05) is 15.9 Å². The van der Waals surface area contributed by atoms with Crippen LogP contribution in [0.1, 0.15) is 12.0 Å². The summed E-state index contributed by atoms with van der Waals surface area (Å²) in [5.74, 6) is -0.363. The molecule has 0 aliphatic rings. The third-order valence-corrected chi connectivity index (χ3v) is 2.18. The van der Waals surface area contributed by atoms with Gasteiger partial charge in [0.2, 0.25) is 5.91 Å². The Morgan fingerprint density at radius 2 is 2.29 bits per heavy atom. The van der Waals surface area contributed by atoms with E-state index < -0.39 is 0 Å². The van der Waals surface area contributed by atoms with Gasteiger partial charge in [0, 0.05) is 17.4 Å². The molecule has 14 heavy (non-hydrogen) atoms. The van der Waals surface area contributed by atoms with Crippen LogP contribution in [0.2, 0.25) is 0 Å². The van der Waals surface area contributed by atoms with Gasteiger partial charge in [-0.05, 0) is 30.7 Å². The fourth-order valence-electron chi connectivity index (χ4n) is 1.07. The van der Waals surface area contributed by atoms with E-state index in [-0.39, 0.29) is 11.7 Å². The summed E-state index contributed by atoms with van der Waals surface area (Å²) in [4.78, 5) is 11.2. The molecule has 0 aromatic heterocycles. The molecule has 2 nitrogen and oxygen atoms in total. The first kappa shape index (κ1) is 11.2. The maximum absolute atomic E-state index is 12.7. The zero-order chi connectivity index (χ0) is 10.6. The van der Waals surface area contributed by atoms with Crippen LogP contribution in [0.3, 0.4) is 0 Å². The highest BCUT2D eigenvalue weighted by atomic mass is 79.9. The molecular weight excluding hydrogens is 249 g/mol. The van der Waals surface area contributed by atoms with E-state index in [1.807, 2.05) is 0 Å².